The fraction of sp³-hybridized carbons (Fsp3) is 0.333. The summed E-state index contributed by atoms with van der Waals surface area (Å²) in [6.45, 7) is 2.14. The number of aryl methyl sites for hydroxylation is 1. The van der Waals surface area contributed by atoms with Crippen LogP contribution in [0.25, 0.3) is 0 Å². The number of carbonyl (C=O) groups is 1. The number of aromatic hydroxyl groups is 1. The number of nitrogens with one attached hydrogen (secondary N) is 1. The average molecular weight is 307 g/mol. The minimum atomic E-state index is -0.397. The summed E-state index contributed by atoms with van der Waals surface area (Å²) in [5, 5.41) is 16.7. The standard InChI is InChI=1S/C15H15ClN2O3/c1-8-2-5-13-10(6-8)14(18-21-13)15(20)17-11-7-9(16)3-4-12(11)19/h3-4,7-8,19H,2,5-6H2,1H3,(H,17,20)/t8-/m1/s1. The summed E-state index contributed by atoms with van der Waals surface area (Å²) < 4.78 is 5.25. The monoisotopic (exact) mass is 306 g/mol. The van der Waals surface area contributed by atoms with Crippen LogP contribution in [0.5, 0.6) is 5.75 Å². The van der Waals surface area contributed by atoms with Crippen LogP contribution in [0, 0.1) is 5.92 Å². The summed E-state index contributed by atoms with van der Waals surface area (Å²) >= 11 is 5.86. The quantitative estimate of drug-likeness (QED) is 0.834. The fourth-order valence-electron chi connectivity index (χ4n) is 2.55. The zero-order valence-corrected chi connectivity index (χ0v) is 12.3. The summed E-state index contributed by atoms with van der Waals surface area (Å²) in [5.41, 5.74) is 1.41. The van der Waals surface area contributed by atoms with Crippen molar-refractivity contribution >= 4 is 23.2 Å². The van der Waals surface area contributed by atoms with E-state index in [0.717, 1.165) is 30.6 Å². The number of fused-ring (bicyclic) bond motifs is 1. The molecule has 0 saturated heterocycles. The Morgan fingerprint density at radius 1 is 1.52 bits per heavy atom. The number of amides is 1. The van der Waals surface area contributed by atoms with Crippen molar-refractivity contribution in [2.75, 3.05) is 5.32 Å². The van der Waals surface area contributed by atoms with Crippen molar-refractivity contribution < 1.29 is 14.4 Å². The van der Waals surface area contributed by atoms with E-state index in [2.05, 4.69) is 17.4 Å². The van der Waals surface area contributed by atoms with Gasteiger partial charge in [0.2, 0.25) is 0 Å². The number of benzene rings is 1. The average Bonchev–Trinajstić information content (AvgIpc) is 2.85. The molecule has 0 radical (unpaired) electrons. The summed E-state index contributed by atoms with van der Waals surface area (Å²) in [5.74, 6) is 0.849. The Morgan fingerprint density at radius 3 is 3.14 bits per heavy atom. The highest BCUT2D eigenvalue weighted by Crippen LogP contribution is 2.30. The van der Waals surface area contributed by atoms with E-state index in [1.165, 1.54) is 12.1 Å². The molecule has 1 amide bonds. The van der Waals surface area contributed by atoms with Crippen molar-refractivity contribution in [2.24, 2.45) is 5.92 Å². The first-order valence-electron chi connectivity index (χ1n) is 6.82. The number of hydrogen-bond donors (Lipinski definition) is 2. The predicted molar refractivity (Wildman–Crippen MR) is 78.8 cm³/mol. The molecule has 21 heavy (non-hydrogen) atoms. The number of carbonyl (C=O) groups excluding carboxylic acids is 1. The molecule has 1 aromatic carbocycles. The van der Waals surface area contributed by atoms with Crippen LogP contribution in [0.2, 0.25) is 5.02 Å². The van der Waals surface area contributed by atoms with E-state index in [1.54, 1.807) is 6.07 Å². The van der Waals surface area contributed by atoms with Crippen LogP contribution in [0.4, 0.5) is 5.69 Å². The number of halogens is 1. The second-order valence-corrected chi connectivity index (χ2v) is 5.83. The van der Waals surface area contributed by atoms with Gasteiger partial charge in [0.15, 0.2) is 5.69 Å². The Balaban J connectivity index is 1.86. The highest BCUT2D eigenvalue weighted by atomic mass is 35.5. The topological polar surface area (TPSA) is 75.4 Å². The third-order valence-electron chi connectivity index (χ3n) is 3.71. The lowest BCUT2D eigenvalue weighted by Gasteiger charge is -2.16. The smallest absolute Gasteiger partial charge is 0.278 e. The molecule has 1 heterocycles. The van der Waals surface area contributed by atoms with Crippen molar-refractivity contribution in [3.05, 3.63) is 40.2 Å². The molecule has 0 aliphatic heterocycles. The maximum Gasteiger partial charge on any atom is 0.278 e. The van der Waals surface area contributed by atoms with E-state index in [9.17, 15) is 9.90 Å². The molecule has 0 spiro atoms. The number of anilines is 1. The van der Waals surface area contributed by atoms with Crippen LogP contribution in [0.1, 0.15) is 35.2 Å². The Morgan fingerprint density at radius 2 is 2.33 bits per heavy atom. The SMILES string of the molecule is C[C@@H]1CCc2onc(C(=O)Nc3cc(Cl)ccc3O)c2C1. The number of rotatable bonds is 2. The van der Waals surface area contributed by atoms with Crippen LogP contribution in [-0.2, 0) is 12.8 Å². The first kappa shape index (κ1) is 13.9. The number of phenolic OH excluding ortho intramolecular Hbond substituents is 1. The fourth-order valence-corrected chi connectivity index (χ4v) is 2.72. The largest absolute Gasteiger partial charge is 0.506 e. The first-order chi connectivity index (χ1) is 10.0. The second kappa shape index (κ2) is 5.41. The lowest BCUT2D eigenvalue weighted by atomic mass is 9.88. The van der Waals surface area contributed by atoms with Gasteiger partial charge in [-0.15, -0.1) is 0 Å². The molecule has 0 saturated carbocycles. The molecule has 3 rings (SSSR count). The number of hydrogen-bond acceptors (Lipinski definition) is 4. The summed E-state index contributed by atoms with van der Waals surface area (Å²) in [6.07, 6.45) is 2.63. The molecule has 2 N–H and O–H groups in total. The minimum Gasteiger partial charge on any atom is -0.506 e. The molecule has 5 nitrogen and oxygen atoms in total. The van der Waals surface area contributed by atoms with Crippen molar-refractivity contribution in [2.45, 2.75) is 26.2 Å². The van der Waals surface area contributed by atoms with Gasteiger partial charge in [-0.25, -0.2) is 0 Å². The molecule has 1 aliphatic carbocycles. The highest BCUT2D eigenvalue weighted by molar-refractivity contribution is 6.31. The Hall–Kier alpha value is -2.01. The zero-order chi connectivity index (χ0) is 15.0. The van der Waals surface area contributed by atoms with Gasteiger partial charge < -0.3 is 14.9 Å². The van der Waals surface area contributed by atoms with Gasteiger partial charge in [-0.05, 0) is 37.0 Å². The first-order valence-corrected chi connectivity index (χ1v) is 7.19. The highest BCUT2D eigenvalue weighted by Gasteiger charge is 2.27. The minimum absolute atomic E-state index is 0.0431. The van der Waals surface area contributed by atoms with Gasteiger partial charge in [0.1, 0.15) is 11.5 Å². The predicted octanol–water partition coefficient (Wildman–Crippen LogP) is 3.41. The molecule has 0 unspecified atom stereocenters. The second-order valence-electron chi connectivity index (χ2n) is 5.40. The van der Waals surface area contributed by atoms with Gasteiger partial charge in [0, 0.05) is 17.0 Å². The summed E-state index contributed by atoms with van der Waals surface area (Å²) in [4.78, 5) is 12.3. The number of phenols is 1. The Labute approximate surface area is 126 Å². The van der Waals surface area contributed by atoms with Crippen molar-refractivity contribution in [1.82, 2.24) is 5.16 Å². The van der Waals surface area contributed by atoms with E-state index in [-0.39, 0.29) is 17.1 Å². The third kappa shape index (κ3) is 2.74. The van der Waals surface area contributed by atoms with Crippen LogP contribution < -0.4 is 5.32 Å². The van der Waals surface area contributed by atoms with Crippen LogP contribution >= 0.6 is 11.6 Å². The van der Waals surface area contributed by atoms with Gasteiger partial charge >= 0.3 is 0 Å². The number of nitrogens with zero attached hydrogens (tertiary/aromatic N) is 1. The molecule has 6 heteroatoms. The Bertz CT molecular complexity index is 696. The van der Waals surface area contributed by atoms with E-state index >= 15 is 0 Å². The van der Waals surface area contributed by atoms with E-state index in [0.29, 0.717) is 10.9 Å². The Kier molecular flexibility index (Phi) is 3.59. The normalized spacial score (nSPS) is 17.3. The van der Waals surface area contributed by atoms with Crippen molar-refractivity contribution in [3.63, 3.8) is 0 Å². The summed E-state index contributed by atoms with van der Waals surface area (Å²) in [6, 6.07) is 4.47. The zero-order valence-electron chi connectivity index (χ0n) is 11.5. The van der Waals surface area contributed by atoms with Gasteiger partial charge in [-0.3, -0.25) is 4.79 Å². The van der Waals surface area contributed by atoms with E-state index in [4.69, 9.17) is 16.1 Å². The van der Waals surface area contributed by atoms with Gasteiger partial charge in [0.05, 0.1) is 5.69 Å². The van der Waals surface area contributed by atoms with Crippen LogP contribution in [0.3, 0.4) is 0 Å². The van der Waals surface area contributed by atoms with Gasteiger partial charge in [-0.1, -0.05) is 23.7 Å². The van der Waals surface area contributed by atoms with Crippen LogP contribution in [-0.4, -0.2) is 16.2 Å². The molecule has 1 atom stereocenters. The molecule has 110 valence electrons. The van der Waals surface area contributed by atoms with E-state index in [1.807, 2.05) is 0 Å². The molecular weight excluding hydrogens is 292 g/mol. The third-order valence-corrected chi connectivity index (χ3v) is 3.94. The van der Waals surface area contributed by atoms with Gasteiger partial charge in [0.25, 0.3) is 5.91 Å². The maximum absolute atomic E-state index is 12.3. The molecule has 0 bridgehead atoms. The maximum atomic E-state index is 12.3. The lowest BCUT2D eigenvalue weighted by molar-refractivity contribution is 0.101. The number of aromatic nitrogens is 1. The molecule has 1 aromatic heterocycles. The molecule has 1 aliphatic rings. The van der Waals surface area contributed by atoms with Crippen molar-refractivity contribution in [1.29, 1.82) is 0 Å². The molecular formula is C15H15ClN2O3. The van der Waals surface area contributed by atoms with E-state index < -0.39 is 5.91 Å². The van der Waals surface area contributed by atoms with Crippen LogP contribution in [0.15, 0.2) is 22.7 Å². The van der Waals surface area contributed by atoms with Crippen molar-refractivity contribution in [3.8, 4) is 5.75 Å². The molecule has 2 aromatic rings. The molecule has 0 fully saturated rings. The summed E-state index contributed by atoms with van der Waals surface area (Å²) in [7, 11) is 0. The lowest BCUT2D eigenvalue weighted by Crippen LogP contribution is -2.18. The van der Waals surface area contributed by atoms with Gasteiger partial charge in [-0.2, -0.15) is 0 Å².